The molecule has 0 atom stereocenters. The fourth-order valence-corrected chi connectivity index (χ4v) is 5.00. The Morgan fingerprint density at radius 2 is 1.62 bits per heavy atom. The topological polar surface area (TPSA) is 88.2 Å². The molecule has 162 valence electrons. The van der Waals surface area contributed by atoms with Crippen molar-refractivity contribution in [2.45, 2.75) is 11.4 Å². The SMILES string of the molecule is O=C(NCc1ccncc1)c1cccc2cc(NS(=O)(=O)c3cc(Cl)cc(Cl)c3)ccc12. The van der Waals surface area contributed by atoms with Gasteiger partial charge >= 0.3 is 0 Å². The van der Waals surface area contributed by atoms with E-state index in [1.165, 1.54) is 18.2 Å². The van der Waals surface area contributed by atoms with Crippen LogP contribution in [0.2, 0.25) is 10.0 Å². The number of halogens is 2. The zero-order valence-electron chi connectivity index (χ0n) is 16.5. The van der Waals surface area contributed by atoms with E-state index in [0.717, 1.165) is 5.56 Å². The van der Waals surface area contributed by atoms with E-state index in [9.17, 15) is 13.2 Å². The van der Waals surface area contributed by atoms with Crippen LogP contribution in [-0.4, -0.2) is 19.3 Å². The molecule has 3 aromatic carbocycles. The third-order valence-electron chi connectivity index (χ3n) is 4.73. The van der Waals surface area contributed by atoms with Crippen LogP contribution in [0, 0.1) is 0 Å². The Kier molecular flexibility index (Phi) is 6.32. The average molecular weight is 486 g/mol. The highest BCUT2D eigenvalue weighted by atomic mass is 35.5. The molecule has 4 aromatic rings. The first-order chi connectivity index (χ1) is 15.3. The minimum absolute atomic E-state index is 0.0423. The van der Waals surface area contributed by atoms with E-state index in [0.29, 0.717) is 28.6 Å². The molecule has 4 rings (SSSR count). The van der Waals surface area contributed by atoms with Crippen molar-refractivity contribution in [3.8, 4) is 0 Å². The van der Waals surface area contributed by atoms with Gasteiger partial charge in [0.2, 0.25) is 0 Å². The van der Waals surface area contributed by atoms with Gasteiger partial charge in [0.1, 0.15) is 0 Å². The van der Waals surface area contributed by atoms with Gasteiger partial charge in [-0.1, -0.05) is 41.4 Å². The molecular formula is C23H17Cl2N3O3S. The van der Waals surface area contributed by atoms with Crippen LogP contribution in [0.25, 0.3) is 10.8 Å². The first kappa shape index (κ1) is 22.1. The normalized spacial score (nSPS) is 11.3. The molecule has 1 aromatic heterocycles. The lowest BCUT2D eigenvalue weighted by atomic mass is 10.0. The minimum atomic E-state index is -3.90. The maximum atomic E-state index is 12.7. The number of pyridine rings is 1. The lowest BCUT2D eigenvalue weighted by Gasteiger charge is -2.12. The summed E-state index contributed by atoms with van der Waals surface area (Å²) in [5.41, 5.74) is 1.78. The van der Waals surface area contributed by atoms with E-state index in [-0.39, 0.29) is 20.8 Å². The van der Waals surface area contributed by atoms with Gasteiger partial charge in [0.15, 0.2) is 0 Å². The smallest absolute Gasteiger partial charge is 0.261 e. The maximum Gasteiger partial charge on any atom is 0.261 e. The van der Waals surface area contributed by atoms with Crippen molar-refractivity contribution >= 4 is 55.6 Å². The first-order valence-electron chi connectivity index (χ1n) is 9.51. The van der Waals surface area contributed by atoms with Gasteiger partial charge < -0.3 is 5.32 Å². The van der Waals surface area contributed by atoms with Gasteiger partial charge in [-0.15, -0.1) is 0 Å². The fraction of sp³-hybridized carbons (Fsp3) is 0.0435. The summed E-state index contributed by atoms with van der Waals surface area (Å²) in [5.74, 6) is -0.227. The number of aromatic nitrogens is 1. The molecule has 0 saturated carbocycles. The molecule has 0 bridgehead atoms. The van der Waals surface area contributed by atoms with Crippen LogP contribution >= 0.6 is 23.2 Å². The van der Waals surface area contributed by atoms with Gasteiger partial charge in [-0.05, 0) is 64.9 Å². The standard InChI is InChI=1S/C23H17Cl2N3O3S/c24-17-11-18(25)13-20(12-17)32(30,31)28-19-4-5-21-16(10-19)2-1-3-22(21)23(29)27-14-15-6-8-26-9-7-15/h1-13,28H,14H2,(H,27,29). The van der Waals surface area contributed by atoms with E-state index in [1.807, 2.05) is 18.2 Å². The highest BCUT2D eigenvalue weighted by molar-refractivity contribution is 7.92. The fourth-order valence-electron chi connectivity index (χ4n) is 3.22. The number of carbonyl (C=O) groups is 1. The van der Waals surface area contributed by atoms with Crippen LogP contribution in [0.4, 0.5) is 5.69 Å². The van der Waals surface area contributed by atoms with Gasteiger partial charge in [0.05, 0.1) is 4.90 Å². The Bertz CT molecular complexity index is 1390. The van der Waals surface area contributed by atoms with Gasteiger partial charge in [-0.3, -0.25) is 14.5 Å². The van der Waals surface area contributed by atoms with Crippen molar-refractivity contribution in [2.24, 2.45) is 0 Å². The molecule has 0 unspecified atom stereocenters. The second kappa shape index (κ2) is 9.16. The van der Waals surface area contributed by atoms with E-state index < -0.39 is 10.0 Å². The Balaban J connectivity index is 1.58. The van der Waals surface area contributed by atoms with E-state index in [1.54, 1.807) is 42.7 Å². The molecule has 1 amide bonds. The lowest BCUT2D eigenvalue weighted by Crippen LogP contribution is -2.23. The monoisotopic (exact) mass is 485 g/mol. The summed E-state index contributed by atoms with van der Waals surface area (Å²) in [5, 5.41) is 4.75. The van der Waals surface area contributed by atoms with Crippen LogP contribution in [0.5, 0.6) is 0 Å². The van der Waals surface area contributed by atoms with Crippen LogP contribution in [0.3, 0.4) is 0 Å². The number of fused-ring (bicyclic) bond motifs is 1. The van der Waals surface area contributed by atoms with Gasteiger partial charge in [0, 0.05) is 40.2 Å². The number of nitrogens with one attached hydrogen (secondary N) is 2. The zero-order chi connectivity index (χ0) is 22.7. The summed E-state index contributed by atoms with van der Waals surface area (Å²) in [6.07, 6.45) is 3.33. The number of nitrogens with zero attached hydrogens (tertiary/aromatic N) is 1. The summed E-state index contributed by atoms with van der Waals surface area (Å²) in [6.45, 7) is 0.373. The van der Waals surface area contributed by atoms with Crippen LogP contribution < -0.4 is 10.0 Å². The highest BCUT2D eigenvalue weighted by Gasteiger charge is 2.17. The summed E-state index contributed by atoms with van der Waals surface area (Å²) in [4.78, 5) is 16.6. The number of rotatable bonds is 6. The van der Waals surface area contributed by atoms with Crippen molar-refractivity contribution < 1.29 is 13.2 Å². The molecule has 2 N–H and O–H groups in total. The number of hydrogen-bond donors (Lipinski definition) is 2. The molecule has 32 heavy (non-hydrogen) atoms. The maximum absolute atomic E-state index is 12.7. The molecule has 0 aliphatic rings. The molecule has 0 saturated heterocycles. The van der Waals surface area contributed by atoms with Gasteiger partial charge in [-0.2, -0.15) is 0 Å². The van der Waals surface area contributed by atoms with E-state index in [4.69, 9.17) is 23.2 Å². The summed E-state index contributed by atoms with van der Waals surface area (Å²) in [6, 6.07) is 18.0. The first-order valence-corrected chi connectivity index (χ1v) is 11.7. The molecular weight excluding hydrogens is 469 g/mol. The molecule has 9 heteroatoms. The van der Waals surface area contributed by atoms with Crippen molar-refractivity contribution in [3.63, 3.8) is 0 Å². The second-order valence-electron chi connectivity index (χ2n) is 6.99. The van der Waals surface area contributed by atoms with Crippen LogP contribution in [-0.2, 0) is 16.6 Å². The van der Waals surface area contributed by atoms with Crippen molar-refractivity contribution in [1.29, 1.82) is 0 Å². The second-order valence-corrected chi connectivity index (χ2v) is 9.55. The van der Waals surface area contributed by atoms with E-state index >= 15 is 0 Å². The quantitative estimate of drug-likeness (QED) is 0.389. The lowest BCUT2D eigenvalue weighted by molar-refractivity contribution is 0.0952. The Morgan fingerprint density at radius 3 is 2.34 bits per heavy atom. The van der Waals surface area contributed by atoms with Crippen molar-refractivity contribution in [1.82, 2.24) is 10.3 Å². The number of hydrogen-bond acceptors (Lipinski definition) is 4. The molecule has 0 aliphatic carbocycles. The summed E-state index contributed by atoms with van der Waals surface area (Å²) < 4.78 is 28.0. The minimum Gasteiger partial charge on any atom is -0.348 e. The van der Waals surface area contributed by atoms with Crippen LogP contribution in [0.1, 0.15) is 15.9 Å². The highest BCUT2D eigenvalue weighted by Crippen LogP contribution is 2.27. The molecule has 0 radical (unpaired) electrons. The molecule has 0 spiro atoms. The Labute approximate surface area is 195 Å². The number of benzene rings is 3. The summed E-state index contributed by atoms with van der Waals surface area (Å²) >= 11 is 11.9. The van der Waals surface area contributed by atoms with Crippen LogP contribution in [0.15, 0.2) is 84.0 Å². The number of carbonyl (C=O) groups excluding carboxylic acids is 1. The average Bonchev–Trinajstić information content (AvgIpc) is 2.76. The van der Waals surface area contributed by atoms with Crippen molar-refractivity contribution in [3.05, 3.63) is 100 Å². The predicted octanol–water partition coefficient (Wildman–Crippen LogP) is 5.27. The molecule has 6 nitrogen and oxygen atoms in total. The number of anilines is 1. The van der Waals surface area contributed by atoms with E-state index in [2.05, 4.69) is 15.0 Å². The van der Waals surface area contributed by atoms with Gasteiger partial charge in [0.25, 0.3) is 15.9 Å². The van der Waals surface area contributed by atoms with Gasteiger partial charge in [-0.25, -0.2) is 8.42 Å². The zero-order valence-corrected chi connectivity index (χ0v) is 18.9. The molecule has 0 fully saturated rings. The number of sulfonamides is 1. The van der Waals surface area contributed by atoms with Crippen molar-refractivity contribution in [2.75, 3.05) is 4.72 Å². The summed E-state index contributed by atoms with van der Waals surface area (Å²) in [7, 11) is -3.90. The number of amides is 1. The third-order valence-corrected chi connectivity index (χ3v) is 6.52. The Morgan fingerprint density at radius 1 is 0.906 bits per heavy atom. The third kappa shape index (κ3) is 5.02. The molecule has 0 aliphatic heterocycles. The largest absolute Gasteiger partial charge is 0.348 e. The molecule has 1 heterocycles. The Hall–Kier alpha value is -3.13. The predicted molar refractivity (Wildman–Crippen MR) is 127 cm³/mol.